The molecule has 0 saturated heterocycles. The molecule has 0 fully saturated rings. The maximum atomic E-state index is 2.38. The molecule has 0 aromatic heterocycles. The van der Waals surface area contributed by atoms with Crippen molar-refractivity contribution in [2.24, 2.45) is 0 Å². The SMILES string of the molecule is C(=Cc1ccccc1)C[P+](Cc1ccccc1)(c1ccccc1)c1ccccc1. The molecule has 0 amide bonds. The van der Waals surface area contributed by atoms with Crippen molar-refractivity contribution in [1.82, 2.24) is 0 Å². The Hall–Kier alpha value is -2.95. The van der Waals surface area contributed by atoms with Crippen molar-refractivity contribution in [1.29, 1.82) is 0 Å². The van der Waals surface area contributed by atoms with Gasteiger partial charge in [0.2, 0.25) is 0 Å². The van der Waals surface area contributed by atoms with Gasteiger partial charge in [0.05, 0.1) is 30.2 Å². The molecule has 4 aromatic carbocycles. The molecule has 0 unspecified atom stereocenters. The molecule has 142 valence electrons. The van der Waals surface area contributed by atoms with Crippen LogP contribution in [0.4, 0.5) is 0 Å². The van der Waals surface area contributed by atoms with Crippen LogP contribution in [0.15, 0.2) is 127 Å². The molecular weight excluding hydrogens is 367 g/mol. The normalized spacial score (nSPS) is 11.6. The summed E-state index contributed by atoms with van der Waals surface area (Å²) >= 11 is 0. The minimum absolute atomic E-state index is 1.05. The van der Waals surface area contributed by atoms with Gasteiger partial charge < -0.3 is 0 Å². The molecule has 0 aliphatic rings. The number of hydrogen-bond donors (Lipinski definition) is 0. The van der Waals surface area contributed by atoms with Crippen LogP contribution in [0, 0.1) is 0 Å². The minimum atomic E-state index is -1.65. The van der Waals surface area contributed by atoms with Crippen molar-refractivity contribution in [3.8, 4) is 0 Å². The Labute approximate surface area is 174 Å². The van der Waals surface area contributed by atoms with Crippen LogP contribution in [-0.2, 0) is 6.16 Å². The second kappa shape index (κ2) is 9.50. The molecule has 0 radical (unpaired) electrons. The third-order valence-corrected chi connectivity index (χ3v) is 9.64. The predicted molar refractivity (Wildman–Crippen MR) is 130 cm³/mol. The average Bonchev–Trinajstić information content (AvgIpc) is 2.81. The van der Waals surface area contributed by atoms with Crippen LogP contribution in [0.2, 0.25) is 0 Å². The summed E-state index contributed by atoms with van der Waals surface area (Å²) in [6, 6.07) is 43.8. The zero-order valence-electron chi connectivity index (χ0n) is 16.6. The fraction of sp³-hybridized carbons (Fsp3) is 0.0714. The first-order chi connectivity index (χ1) is 14.4. The van der Waals surface area contributed by atoms with Crippen LogP contribution in [0.3, 0.4) is 0 Å². The lowest BCUT2D eigenvalue weighted by atomic mass is 10.2. The summed E-state index contributed by atoms with van der Waals surface area (Å²) in [7, 11) is -1.65. The van der Waals surface area contributed by atoms with Crippen molar-refractivity contribution >= 4 is 23.9 Å². The second-order valence-electron chi connectivity index (χ2n) is 7.28. The zero-order chi connectivity index (χ0) is 19.8. The Morgan fingerprint density at radius 3 is 1.48 bits per heavy atom. The molecule has 0 nitrogen and oxygen atoms in total. The monoisotopic (exact) mass is 393 g/mol. The lowest BCUT2D eigenvalue weighted by Crippen LogP contribution is -2.26. The van der Waals surface area contributed by atoms with E-state index in [1.165, 1.54) is 21.7 Å². The highest BCUT2D eigenvalue weighted by Crippen LogP contribution is 2.59. The van der Waals surface area contributed by atoms with E-state index in [-0.39, 0.29) is 0 Å². The number of benzene rings is 4. The minimum Gasteiger partial charge on any atom is -0.0622 e. The third kappa shape index (κ3) is 4.73. The van der Waals surface area contributed by atoms with E-state index in [1.54, 1.807) is 0 Å². The third-order valence-electron chi connectivity index (χ3n) is 5.32. The van der Waals surface area contributed by atoms with Gasteiger partial charge in [-0.05, 0) is 41.5 Å². The van der Waals surface area contributed by atoms with Gasteiger partial charge in [0.15, 0.2) is 0 Å². The molecule has 0 aliphatic carbocycles. The summed E-state index contributed by atoms with van der Waals surface area (Å²) < 4.78 is 0. The van der Waals surface area contributed by atoms with Crippen molar-refractivity contribution in [2.75, 3.05) is 6.16 Å². The van der Waals surface area contributed by atoms with E-state index in [4.69, 9.17) is 0 Å². The summed E-state index contributed by atoms with van der Waals surface area (Å²) in [6.07, 6.45) is 6.77. The van der Waals surface area contributed by atoms with Crippen LogP contribution >= 0.6 is 7.26 Å². The number of rotatable bonds is 7. The van der Waals surface area contributed by atoms with Gasteiger partial charge in [0.1, 0.15) is 0 Å². The van der Waals surface area contributed by atoms with Gasteiger partial charge in [-0.1, -0.05) is 103 Å². The maximum absolute atomic E-state index is 2.38. The van der Waals surface area contributed by atoms with Gasteiger partial charge >= 0.3 is 0 Å². The zero-order valence-corrected chi connectivity index (χ0v) is 17.5. The van der Waals surface area contributed by atoms with E-state index in [9.17, 15) is 0 Å². The predicted octanol–water partition coefficient (Wildman–Crippen LogP) is 6.57. The average molecular weight is 393 g/mol. The molecule has 0 N–H and O–H groups in total. The molecule has 4 aromatic rings. The van der Waals surface area contributed by atoms with Crippen molar-refractivity contribution < 1.29 is 0 Å². The molecule has 0 bridgehead atoms. The second-order valence-corrected chi connectivity index (χ2v) is 10.9. The molecule has 0 aliphatic heterocycles. The summed E-state index contributed by atoms with van der Waals surface area (Å²) in [5.41, 5.74) is 2.66. The lowest BCUT2D eigenvalue weighted by molar-refractivity contribution is 1.37. The first-order valence-electron chi connectivity index (χ1n) is 10.1. The van der Waals surface area contributed by atoms with E-state index in [1.807, 2.05) is 0 Å². The number of allylic oxidation sites excluding steroid dienone is 1. The Bertz CT molecular complexity index is 983. The van der Waals surface area contributed by atoms with Crippen molar-refractivity contribution in [3.63, 3.8) is 0 Å². The van der Waals surface area contributed by atoms with Gasteiger partial charge in [0.25, 0.3) is 0 Å². The highest BCUT2D eigenvalue weighted by atomic mass is 31.2. The molecule has 0 heterocycles. The molecule has 0 atom stereocenters. The topological polar surface area (TPSA) is 0 Å². The Balaban J connectivity index is 1.80. The summed E-state index contributed by atoms with van der Waals surface area (Å²) in [5, 5.41) is 2.93. The molecule has 1 heteroatoms. The van der Waals surface area contributed by atoms with Crippen molar-refractivity contribution in [3.05, 3.63) is 139 Å². The molecule has 0 spiro atoms. The standard InChI is InChI=1S/C28H26P/c1-5-14-25(15-6-1)18-13-23-29(27-19-9-3-10-20-27,28-21-11-4-12-22-28)24-26-16-7-2-8-17-26/h1-22H,23-24H2/q+1. The Morgan fingerprint density at radius 2 is 0.966 bits per heavy atom. The van der Waals surface area contributed by atoms with Gasteiger partial charge in [-0.3, -0.25) is 0 Å². The quantitative estimate of drug-likeness (QED) is 0.312. The first-order valence-corrected chi connectivity index (χ1v) is 12.3. The van der Waals surface area contributed by atoms with Crippen LogP contribution in [0.25, 0.3) is 6.08 Å². The summed E-state index contributed by atoms with van der Waals surface area (Å²) in [4.78, 5) is 0. The van der Waals surface area contributed by atoms with Crippen LogP contribution in [-0.4, -0.2) is 6.16 Å². The summed E-state index contributed by atoms with van der Waals surface area (Å²) in [5.74, 6) is 0. The van der Waals surface area contributed by atoms with Crippen LogP contribution < -0.4 is 10.6 Å². The molecule has 4 rings (SSSR count). The Kier molecular flexibility index (Phi) is 6.35. The number of hydrogen-bond acceptors (Lipinski definition) is 0. The highest BCUT2D eigenvalue weighted by molar-refractivity contribution is 7.89. The van der Waals surface area contributed by atoms with Crippen LogP contribution in [0.1, 0.15) is 11.1 Å². The smallest absolute Gasteiger partial charge is 0.0622 e. The lowest BCUT2D eigenvalue weighted by Gasteiger charge is -2.27. The largest absolute Gasteiger partial charge is 0.0998 e. The molecular formula is C28H26P+. The maximum Gasteiger partial charge on any atom is 0.0998 e. The fourth-order valence-electron chi connectivity index (χ4n) is 3.86. The van der Waals surface area contributed by atoms with Gasteiger partial charge in [-0.15, -0.1) is 0 Å². The van der Waals surface area contributed by atoms with Gasteiger partial charge in [0, 0.05) is 0 Å². The van der Waals surface area contributed by atoms with Crippen molar-refractivity contribution in [2.45, 2.75) is 6.16 Å². The first kappa shape index (κ1) is 19.4. The van der Waals surface area contributed by atoms with E-state index in [0.29, 0.717) is 0 Å². The summed E-state index contributed by atoms with van der Waals surface area (Å²) in [6.45, 7) is 0. The highest BCUT2D eigenvalue weighted by Gasteiger charge is 2.41. The van der Waals surface area contributed by atoms with Gasteiger partial charge in [-0.25, -0.2) is 0 Å². The van der Waals surface area contributed by atoms with Crippen LogP contribution in [0.5, 0.6) is 0 Å². The fourth-order valence-corrected chi connectivity index (χ4v) is 7.86. The van der Waals surface area contributed by atoms with E-state index >= 15 is 0 Å². The van der Waals surface area contributed by atoms with E-state index in [0.717, 1.165) is 12.3 Å². The molecule has 0 saturated carbocycles. The van der Waals surface area contributed by atoms with E-state index in [2.05, 4.69) is 133 Å². The van der Waals surface area contributed by atoms with E-state index < -0.39 is 7.26 Å². The molecule has 29 heavy (non-hydrogen) atoms. The van der Waals surface area contributed by atoms with Gasteiger partial charge in [-0.2, -0.15) is 0 Å². The Morgan fingerprint density at radius 1 is 0.517 bits per heavy atom.